The number of benzene rings is 1. The molecule has 0 aliphatic rings. The first-order chi connectivity index (χ1) is 9.94. The molecule has 0 fully saturated rings. The zero-order valence-corrected chi connectivity index (χ0v) is 12.6. The zero-order chi connectivity index (χ0) is 15.5. The van der Waals surface area contributed by atoms with Gasteiger partial charge in [-0.2, -0.15) is 5.10 Å². The third kappa shape index (κ3) is 3.54. The molecule has 0 bridgehead atoms. The number of halogens is 1. The molecule has 4 nitrogen and oxygen atoms in total. The fourth-order valence-corrected chi connectivity index (χ4v) is 2.15. The molecule has 1 unspecified atom stereocenters. The maximum atomic E-state index is 13.1. The quantitative estimate of drug-likeness (QED) is 0.821. The van der Waals surface area contributed by atoms with Crippen molar-refractivity contribution in [2.45, 2.75) is 33.2 Å². The predicted octanol–water partition coefficient (Wildman–Crippen LogP) is 2.94. The molecule has 2 aromatic rings. The molecular formula is C16H20FN3O. The van der Waals surface area contributed by atoms with Crippen LogP contribution in [0.3, 0.4) is 0 Å². The van der Waals surface area contributed by atoms with Crippen LogP contribution in [-0.2, 0) is 11.2 Å². The van der Waals surface area contributed by atoms with Crippen molar-refractivity contribution in [2.24, 2.45) is 5.41 Å². The van der Waals surface area contributed by atoms with Gasteiger partial charge in [-0.05, 0) is 12.5 Å². The summed E-state index contributed by atoms with van der Waals surface area (Å²) in [4.78, 5) is 16.5. The highest BCUT2D eigenvalue weighted by Crippen LogP contribution is 2.27. The number of carbonyl (C=O) groups excluding carboxylic acids is 1. The smallest absolute Gasteiger partial charge is 0.165 e. The molecule has 0 amide bonds. The van der Waals surface area contributed by atoms with Crippen molar-refractivity contribution < 1.29 is 9.18 Å². The summed E-state index contributed by atoms with van der Waals surface area (Å²) < 4.78 is 14.7. The number of alkyl halides is 1. The molecule has 112 valence electrons. The molecule has 0 aliphatic heterocycles. The summed E-state index contributed by atoms with van der Waals surface area (Å²) >= 11 is 0. The number of rotatable bonds is 6. The van der Waals surface area contributed by atoms with E-state index in [4.69, 9.17) is 0 Å². The Labute approximate surface area is 124 Å². The lowest BCUT2D eigenvalue weighted by Crippen LogP contribution is -2.35. The van der Waals surface area contributed by atoms with Crippen molar-refractivity contribution in [1.29, 1.82) is 0 Å². The Bertz CT molecular complexity index is 590. The fourth-order valence-electron chi connectivity index (χ4n) is 2.15. The van der Waals surface area contributed by atoms with Gasteiger partial charge in [-0.25, -0.2) is 9.67 Å². The van der Waals surface area contributed by atoms with Gasteiger partial charge in [-0.3, -0.25) is 9.18 Å². The molecule has 0 aliphatic carbocycles. The minimum Gasteiger partial charge on any atom is -0.297 e. The van der Waals surface area contributed by atoms with Crippen LogP contribution >= 0.6 is 0 Å². The maximum absolute atomic E-state index is 13.1. The van der Waals surface area contributed by atoms with Crippen LogP contribution < -0.4 is 0 Å². The zero-order valence-electron chi connectivity index (χ0n) is 12.6. The van der Waals surface area contributed by atoms with Crippen LogP contribution in [0.1, 0.15) is 31.0 Å². The van der Waals surface area contributed by atoms with E-state index >= 15 is 0 Å². The highest BCUT2D eigenvalue weighted by molar-refractivity contribution is 5.88. The van der Waals surface area contributed by atoms with E-state index in [1.54, 1.807) is 13.8 Å². The number of hydrogen-bond acceptors (Lipinski definition) is 3. The number of ketones is 1. The van der Waals surface area contributed by atoms with E-state index in [2.05, 4.69) is 10.1 Å². The minimum atomic E-state index is -1.03. The molecule has 0 radical (unpaired) electrons. The van der Waals surface area contributed by atoms with E-state index < -0.39 is 18.1 Å². The van der Waals surface area contributed by atoms with E-state index in [9.17, 15) is 9.18 Å². The van der Waals surface area contributed by atoms with Gasteiger partial charge in [0.05, 0.1) is 5.41 Å². The SMILES string of the molecule is Cc1ccc(CC(C(=O)C(C)(C)CF)n2cncn2)cc1. The third-order valence-corrected chi connectivity index (χ3v) is 3.61. The maximum Gasteiger partial charge on any atom is 0.165 e. The molecule has 2 rings (SSSR count). The molecular weight excluding hydrogens is 269 g/mol. The van der Waals surface area contributed by atoms with Crippen LogP contribution in [-0.4, -0.2) is 27.2 Å². The van der Waals surface area contributed by atoms with Crippen LogP contribution in [0.5, 0.6) is 0 Å². The summed E-state index contributed by atoms with van der Waals surface area (Å²) in [5.41, 5.74) is 1.15. The molecule has 1 aromatic carbocycles. The molecule has 5 heteroatoms. The monoisotopic (exact) mass is 289 g/mol. The first-order valence-corrected chi connectivity index (χ1v) is 6.94. The van der Waals surface area contributed by atoms with Crippen molar-refractivity contribution in [3.63, 3.8) is 0 Å². The Morgan fingerprint density at radius 3 is 2.52 bits per heavy atom. The van der Waals surface area contributed by atoms with Crippen LogP contribution in [0, 0.1) is 12.3 Å². The molecule has 1 atom stereocenters. The largest absolute Gasteiger partial charge is 0.297 e. The van der Waals surface area contributed by atoms with E-state index in [0.717, 1.165) is 11.1 Å². The highest BCUT2D eigenvalue weighted by Gasteiger charge is 2.35. The molecule has 1 heterocycles. The summed E-state index contributed by atoms with van der Waals surface area (Å²) in [6.07, 6.45) is 3.37. The first kappa shape index (κ1) is 15.4. The van der Waals surface area contributed by atoms with Gasteiger partial charge in [0.2, 0.25) is 0 Å². The summed E-state index contributed by atoms with van der Waals surface area (Å²) in [6.45, 7) is 4.56. The van der Waals surface area contributed by atoms with Crippen LogP contribution in [0.25, 0.3) is 0 Å². The summed E-state index contributed by atoms with van der Waals surface area (Å²) in [5, 5.41) is 4.06. The lowest BCUT2D eigenvalue weighted by Gasteiger charge is -2.25. The van der Waals surface area contributed by atoms with Crippen molar-refractivity contribution in [3.05, 3.63) is 48.0 Å². The van der Waals surface area contributed by atoms with Gasteiger partial charge in [0.1, 0.15) is 25.4 Å². The van der Waals surface area contributed by atoms with Gasteiger partial charge in [0.25, 0.3) is 0 Å². The predicted molar refractivity (Wildman–Crippen MR) is 78.7 cm³/mol. The lowest BCUT2D eigenvalue weighted by molar-refractivity contribution is -0.131. The Balaban J connectivity index is 2.29. The topological polar surface area (TPSA) is 47.8 Å². The van der Waals surface area contributed by atoms with E-state index in [-0.39, 0.29) is 5.78 Å². The van der Waals surface area contributed by atoms with E-state index in [1.165, 1.54) is 17.3 Å². The lowest BCUT2D eigenvalue weighted by atomic mass is 9.83. The number of aromatic nitrogens is 3. The molecule has 0 saturated carbocycles. The Morgan fingerprint density at radius 2 is 2.00 bits per heavy atom. The number of aryl methyl sites for hydroxylation is 1. The molecule has 0 saturated heterocycles. The standard InChI is InChI=1S/C16H20FN3O/c1-12-4-6-13(7-5-12)8-14(20-11-18-10-19-20)15(21)16(2,3)9-17/h4-7,10-11,14H,8-9H2,1-3H3. The summed E-state index contributed by atoms with van der Waals surface area (Å²) in [7, 11) is 0. The van der Waals surface area contributed by atoms with Crippen molar-refractivity contribution in [2.75, 3.05) is 6.67 Å². The summed E-state index contributed by atoms with van der Waals surface area (Å²) in [6, 6.07) is 7.42. The Morgan fingerprint density at radius 1 is 1.33 bits per heavy atom. The highest BCUT2D eigenvalue weighted by atomic mass is 19.1. The third-order valence-electron chi connectivity index (χ3n) is 3.61. The Kier molecular flexibility index (Phi) is 4.50. The molecule has 21 heavy (non-hydrogen) atoms. The average Bonchev–Trinajstić information content (AvgIpc) is 3.00. The second kappa shape index (κ2) is 6.16. The normalized spacial score (nSPS) is 13.1. The molecule has 0 N–H and O–H groups in total. The van der Waals surface area contributed by atoms with E-state index in [0.29, 0.717) is 6.42 Å². The van der Waals surface area contributed by atoms with Crippen LogP contribution in [0.15, 0.2) is 36.9 Å². The number of carbonyl (C=O) groups is 1. The Hall–Kier alpha value is -2.04. The van der Waals surface area contributed by atoms with Gasteiger partial charge >= 0.3 is 0 Å². The van der Waals surface area contributed by atoms with Gasteiger partial charge in [0.15, 0.2) is 5.78 Å². The van der Waals surface area contributed by atoms with E-state index in [1.807, 2.05) is 31.2 Å². The fraction of sp³-hybridized carbons (Fsp3) is 0.438. The van der Waals surface area contributed by atoms with Crippen LogP contribution in [0.2, 0.25) is 0 Å². The van der Waals surface area contributed by atoms with Crippen molar-refractivity contribution in [3.8, 4) is 0 Å². The van der Waals surface area contributed by atoms with Crippen molar-refractivity contribution >= 4 is 5.78 Å². The second-order valence-electron chi connectivity index (χ2n) is 5.96. The van der Waals surface area contributed by atoms with Crippen molar-refractivity contribution in [1.82, 2.24) is 14.8 Å². The number of hydrogen-bond donors (Lipinski definition) is 0. The molecule has 0 spiro atoms. The first-order valence-electron chi connectivity index (χ1n) is 6.94. The molecule has 1 aromatic heterocycles. The number of nitrogens with zero attached hydrogens (tertiary/aromatic N) is 3. The number of Topliss-reactive ketones (excluding diaryl/α,β-unsaturated/α-hetero) is 1. The van der Waals surface area contributed by atoms with Gasteiger partial charge in [-0.15, -0.1) is 0 Å². The van der Waals surface area contributed by atoms with Gasteiger partial charge in [0, 0.05) is 6.42 Å². The van der Waals surface area contributed by atoms with Gasteiger partial charge < -0.3 is 0 Å². The summed E-state index contributed by atoms with van der Waals surface area (Å²) in [5.74, 6) is -0.170. The van der Waals surface area contributed by atoms with Crippen LogP contribution in [0.4, 0.5) is 4.39 Å². The average molecular weight is 289 g/mol. The second-order valence-corrected chi connectivity index (χ2v) is 5.96. The minimum absolute atomic E-state index is 0.170. The van der Waals surface area contributed by atoms with Gasteiger partial charge in [-0.1, -0.05) is 43.7 Å².